The SMILES string of the molecule is CN(C)c1cccc(NS(=O)(=O)c2nnc(NC(=O)c3ccc4ccccc4c3)s2)c1. The van der Waals surface area contributed by atoms with Crippen molar-refractivity contribution in [3.05, 3.63) is 72.3 Å². The van der Waals surface area contributed by atoms with Crippen molar-refractivity contribution in [1.82, 2.24) is 10.2 Å². The highest BCUT2D eigenvalue weighted by Crippen LogP contribution is 2.25. The van der Waals surface area contributed by atoms with Crippen LogP contribution in [0.5, 0.6) is 0 Å². The molecule has 0 bridgehead atoms. The number of fused-ring (bicyclic) bond motifs is 1. The van der Waals surface area contributed by atoms with E-state index in [0.717, 1.165) is 27.8 Å². The molecular weight excluding hydrogens is 434 g/mol. The monoisotopic (exact) mass is 453 g/mol. The average Bonchev–Trinajstić information content (AvgIpc) is 3.23. The van der Waals surface area contributed by atoms with E-state index in [1.54, 1.807) is 30.3 Å². The lowest BCUT2D eigenvalue weighted by Gasteiger charge is -2.13. The molecular formula is C21H19N5O3S2. The maximum absolute atomic E-state index is 12.7. The van der Waals surface area contributed by atoms with Crippen molar-refractivity contribution in [3.63, 3.8) is 0 Å². The minimum Gasteiger partial charge on any atom is -0.378 e. The number of hydrogen-bond donors (Lipinski definition) is 2. The molecule has 10 heteroatoms. The molecule has 0 atom stereocenters. The van der Waals surface area contributed by atoms with Gasteiger partial charge in [-0.2, -0.15) is 8.42 Å². The predicted octanol–water partition coefficient (Wildman–Crippen LogP) is 3.81. The summed E-state index contributed by atoms with van der Waals surface area (Å²) >= 11 is 0.781. The summed E-state index contributed by atoms with van der Waals surface area (Å²) in [5.41, 5.74) is 1.70. The van der Waals surface area contributed by atoms with Crippen LogP contribution in [0.15, 0.2) is 71.1 Å². The number of amides is 1. The minimum absolute atomic E-state index is 0.0978. The van der Waals surface area contributed by atoms with Gasteiger partial charge in [-0.25, -0.2) is 0 Å². The summed E-state index contributed by atoms with van der Waals surface area (Å²) in [5.74, 6) is -0.391. The Morgan fingerprint density at radius 2 is 1.71 bits per heavy atom. The molecule has 31 heavy (non-hydrogen) atoms. The fourth-order valence-corrected chi connectivity index (χ4v) is 4.86. The average molecular weight is 454 g/mol. The smallest absolute Gasteiger partial charge is 0.291 e. The highest BCUT2D eigenvalue weighted by atomic mass is 32.2. The number of nitrogens with one attached hydrogen (secondary N) is 2. The highest BCUT2D eigenvalue weighted by molar-refractivity contribution is 7.94. The molecule has 4 rings (SSSR count). The Morgan fingerprint density at radius 1 is 0.935 bits per heavy atom. The lowest BCUT2D eigenvalue weighted by atomic mass is 10.1. The normalized spacial score (nSPS) is 11.3. The minimum atomic E-state index is -3.94. The van der Waals surface area contributed by atoms with Crippen LogP contribution in [-0.4, -0.2) is 38.6 Å². The number of aromatic nitrogens is 2. The Kier molecular flexibility index (Phi) is 5.57. The van der Waals surface area contributed by atoms with Crippen LogP contribution in [0.3, 0.4) is 0 Å². The number of rotatable bonds is 6. The molecule has 3 aromatic carbocycles. The number of carbonyl (C=O) groups excluding carboxylic acids is 1. The van der Waals surface area contributed by atoms with Crippen LogP contribution in [0.1, 0.15) is 10.4 Å². The maximum atomic E-state index is 12.7. The molecule has 0 saturated carbocycles. The van der Waals surface area contributed by atoms with Crippen LogP contribution < -0.4 is 14.9 Å². The number of sulfonamides is 1. The predicted molar refractivity (Wildman–Crippen MR) is 123 cm³/mol. The van der Waals surface area contributed by atoms with Gasteiger partial charge in [0.2, 0.25) is 5.13 Å². The van der Waals surface area contributed by atoms with E-state index >= 15 is 0 Å². The van der Waals surface area contributed by atoms with E-state index in [1.807, 2.05) is 55.4 Å². The lowest BCUT2D eigenvalue weighted by Crippen LogP contribution is -2.14. The van der Waals surface area contributed by atoms with Gasteiger partial charge in [-0.05, 0) is 41.1 Å². The third-order valence-corrected chi connectivity index (χ3v) is 7.07. The first-order valence-corrected chi connectivity index (χ1v) is 11.6. The summed E-state index contributed by atoms with van der Waals surface area (Å²) in [6.07, 6.45) is 0. The molecule has 0 aliphatic heterocycles. The number of anilines is 3. The third-order valence-electron chi connectivity index (χ3n) is 4.48. The molecule has 0 unspecified atom stereocenters. The standard InChI is InChI=1S/C21H19N5O3S2/c1-26(2)18-9-5-8-17(13-18)25-31(28,29)21-24-23-20(30-21)22-19(27)16-11-10-14-6-3-4-7-15(14)12-16/h3-13,25H,1-2H3,(H,22,23,27). The van der Waals surface area contributed by atoms with Gasteiger partial charge < -0.3 is 4.90 Å². The van der Waals surface area contributed by atoms with Gasteiger partial charge in [-0.15, -0.1) is 10.2 Å². The summed E-state index contributed by atoms with van der Waals surface area (Å²) in [5, 5.41) is 12.2. The van der Waals surface area contributed by atoms with Gasteiger partial charge in [0.25, 0.3) is 20.3 Å². The quantitative estimate of drug-likeness (QED) is 0.430. The molecule has 1 heterocycles. The summed E-state index contributed by atoms with van der Waals surface area (Å²) in [6.45, 7) is 0. The first-order valence-electron chi connectivity index (χ1n) is 9.26. The molecule has 0 aliphatic rings. The summed E-state index contributed by atoms with van der Waals surface area (Å²) < 4.78 is 27.6. The van der Waals surface area contributed by atoms with Crippen molar-refractivity contribution in [3.8, 4) is 0 Å². The number of nitrogens with zero attached hydrogens (tertiary/aromatic N) is 3. The van der Waals surface area contributed by atoms with Crippen LogP contribution in [0.4, 0.5) is 16.5 Å². The van der Waals surface area contributed by atoms with Gasteiger partial charge >= 0.3 is 0 Å². The Hall–Kier alpha value is -3.50. The van der Waals surface area contributed by atoms with Crippen LogP contribution in [-0.2, 0) is 10.0 Å². The maximum Gasteiger partial charge on any atom is 0.291 e. The van der Waals surface area contributed by atoms with Crippen LogP contribution in [0.25, 0.3) is 10.8 Å². The molecule has 8 nitrogen and oxygen atoms in total. The van der Waals surface area contributed by atoms with E-state index in [-0.39, 0.29) is 9.47 Å². The Labute approximate surface area is 183 Å². The summed E-state index contributed by atoms with van der Waals surface area (Å²) in [6, 6.07) is 20.0. The van der Waals surface area contributed by atoms with Crippen molar-refractivity contribution >= 4 is 54.5 Å². The topological polar surface area (TPSA) is 104 Å². The van der Waals surface area contributed by atoms with Crippen molar-refractivity contribution in [2.24, 2.45) is 0 Å². The van der Waals surface area contributed by atoms with Gasteiger partial charge in [0.05, 0.1) is 5.69 Å². The molecule has 4 aromatic rings. The summed E-state index contributed by atoms with van der Waals surface area (Å²) in [4.78, 5) is 14.4. The second kappa shape index (κ2) is 8.32. The zero-order valence-corrected chi connectivity index (χ0v) is 18.4. The molecule has 0 saturated heterocycles. The molecule has 2 N–H and O–H groups in total. The zero-order chi connectivity index (χ0) is 22.0. The van der Waals surface area contributed by atoms with Crippen molar-refractivity contribution in [2.75, 3.05) is 29.0 Å². The second-order valence-corrected chi connectivity index (χ2v) is 9.77. The van der Waals surface area contributed by atoms with E-state index < -0.39 is 15.9 Å². The van der Waals surface area contributed by atoms with Crippen LogP contribution in [0.2, 0.25) is 0 Å². The Balaban J connectivity index is 1.50. The Morgan fingerprint density at radius 3 is 2.48 bits per heavy atom. The lowest BCUT2D eigenvalue weighted by molar-refractivity contribution is 0.102. The van der Waals surface area contributed by atoms with Gasteiger partial charge in [0, 0.05) is 25.3 Å². The molecule has 1 amide bonds. The second-order valence-electron chi connectivity index (χ2n) is 6.94. The zero-order valence-electron chi connectivity index (χ0n) is 16.7. The van der Waals surface area contributed by atoms with Gasteiger partial charge in [-0.3, -0.25) is 14.8 Å². The molecule has 0 aliphatic carbocycles. The fourth-order valence-electron chi connectivity index (χ4n) is 2.92. The van der Waals surface area contributed by atoms with Crippen molar-refractivity contribution in [2.45, 2.75) is 4.34 Å². The van der Waals surface area contributed by atoms with Crippen molar-refractivity contribution in [1.29, 1.82) is 0 Å². The summed E-state index contributed by atoms with van der Waals surface area (Å²) in [7, 11) is -0.211. The van der Waals surface area contributed by atoms with Gasteiger partial charge in [0.15, 0.2) is 0 Å². The Bertz CT molecular complexity index is 1370. The number of hydrogen-bond acceptors (Lipinski definition) is 7. The molecule has 0 radical (unpaired) electrons. The fraction of sp³-hybridized carbons (Fsp3) is 0.0952. The molecule has 0 spiro atoms. The number of carbonyl (C=O) groups is 1. The first kappa shape index (κ1) is 20.8. The largest absolute Gasteiger partial charge is 0.378 e. The van der Waals surface area contributed by atoms with Crippen LogP contribution >= 0.6 is 11.3 Å². The molecule has 0 fully saturated rings. The third kappa shape index (κ3) is 4.65. The van der Waals surface area contributed by atoms with E-state index in [1.165, 1.54) is 0 Å². The van der Waals surface area contributed by atoms with E-state index in [9.17, 15) is 13.2 Å². The van der Waals surface area contributed by atoms with Gasteiger partial charge in [-0.1, -0.05) is 47.7 Å². The first-order chi connectivity index (χ1) is 14.8. The van der Waals surface area contributed by atoms with E-state index in [4.69, 9.17) is 0 Å². The van der Waals surface area contributed by atoms with E-state index in [0.29, 0.717) is 11.3 Å². The highest BCUT2D eigenvalue weighted by Gasteiger charge is 2.21. The molecule has 158 valence electrons. The molecule has 1 aromatic heterocycles. The van der Waals surface area contributed by atoms with E-state index in [2.05, 4.69) is 20.2 Å². The van der Waals surface area contributed by atoms with Crippen molar-refractivity contribution < 1.29 is 13.2 Å². The van der Waals surface area contributed by atoms with Crippen LogP contribution in [0, 0.1) is 0 Å². The number of benzene rings is 3. The van der Waals surface area contributed by atoms with Gasteiger partial charge in [0.1, 0.15) is 0 Å².